The van der Waals surface area contributed by atoms with Crippen LogP contribution in [0, 0.1) is 22.7 Å². The lowest BCUT2D eigenvalue weighted by molar-refractivity contribution is -0.138. The van der Waals surface area contributed by atoms with Crippen molar-refractivity contribution in [3.63, 3.8) is 0 Å². The van der Waals surface area contributed by atoms with E-state index in [1.165, 1.54) is 4.90 Å². The molecule has 1 amide bonds. The third-order valence-corrected chi connectivity index (χ3v) is 7.81. The van der Waals surface area contributed by atoms with Gasteiger partial charge in [0.05, 0.1) is 36.2 Å². The molecule has 0 unspecified atom stereocenters. The van der Waals surface area contributed by atoms with Gasteiger partial charge in [0.15, 0.2) is 5.82 Å². The van der Waals surface area contributed by atoms with Crippen LogP contribution in [0.25, 0.3) is 22.5 Å². The van der Waals surface area contributed by atoms with Crippen LogP contribution in [0.15, 0.2) is 48.8 Å². The number of hydrogen-bond donors (Lipinski definition) is 1. The van der Waals surface area contributed by atoms with E-state index in [9.17, 15) is 23.2 Å². The van der Waals surface area contributed by atoms with Gasteiger partial charge in [0.1, 0.15) is 18.0 Å². The number of fused-ring (bicyclic) bond motifs is 1. The highest BCUT2D eigenvalue weighted by Gasteiger charge is 2.41. The third kappa shape index (κ3) is 5.45. The number of pyridine rings is 1. The average molecular weight is 598 g/mol. The van der Waals surface area contributed by atoms with Crippen LogP contribution in [0.1, 0.15) is 45.5 Å². The topological polar surface area (TPSA) is 127 Å². The van der Waals surface area contributed by atoms with E-state index < -0.39 is 17.6 Å². The van der Waals surface area contributed by atoms with Crippen molar-refractivity contribution in [3.05, 3.63) is 76.6 Å². The fourth-order valence-corrected chi connectivity index (χ4v) is 5.52. The average Bonchev–Trinajstić information content (AvgIpc) is 3.56. The number of alkyl halides is 3. The smallest absolute Gasteiger partial charge is 0.369 e. The molecule has 2 aliphatic heterocycles. The van der Waals surface area contributed by atoms with Crippen LogP contribution >= 0.6 is 0 Å². The minimum Gasteiger partial charge on any atom is -0.369 e. The van der Waals surface area contributed by atoms with Crippen molar-refractivity contribution < 1.29 is 18.0 Å². The number of carbonyl (C=O) groups excluding carboxylic acids is 1. The number of halogens is 3. The highest BCUT2D eigenvalue weighted by molar-refractivity contribution is 6.10. The molecule has 0 saturated carbocycles. The predicted molar refractivity (Wildman–Crippen MR) is 155 cm³/mol. The van der Waals surface area contributed by atoms with E-state index in [2.05, 4.69) is 32.6 Å². The maximum atomic E-state index is 14.3. The molecule has 0 atom stereocenters. The SMILES string of the molecule is Cn1cnnc1-c1ccc(C#N)cc1-c1cc(NCCC#N)nc(N2Cc3c(cc(CN4CCC4)cc3C(F)(F)F)C2=O)c1. The summed E-state index contributed by atoms with van der Waals surface area (Å²) in [6.45, 7) is 1.90. The number of nitrogens with one attached hydrogen (secondary N) is 1. The van der Waals surface area contributed by atoms with E-state index in [0.29, 0.717) is 46.0 Å². The molecule has 0 bridgehead atoms. The van der Waals surface area contributed by atoms with Gasteiger partial charge in [-0.2, -0.15) is 23.7 Å². The molecule has 6 rings (SSSR count). The number of aromatic nitrogens is 4. The number of nitrogens with zero attached hydrogens (tertiary/aromatic N) is 8. The summed E-state index contributed by atoms with van der Waals surface area (Å²) in [4.78, 5) is 21.6. The second kappa shape index (κ2) is 11.4. The van der Waals surface area contributed by atoms with Gasteiger partial charge in [-0.15, -0.1) is 10.2 Å². The van der Waals surface area contributed by atoms with Crippen LogP contribution in [0.2, 0.25) is 0 Å². The lowest BCUT2D eigenvalue weighted by atomic mass is 9.97. The summed E-state index contributed by atoms with van der Waals surface area (Å²) in [5.74, 6) is 0.392. The van der Waals surface area contributed by atoms with Gasteiger partial charge in [0, 0.05) is 31.3 Å². The molecular formula is C31H26F3N9O. The number of hydrogen-bond acceptors (Lipinski definition) is 8. The molecule has 1 fully saturated rings. The van der Waals surface area contributed by atoms with Crippen LogP contribution in [-0.2, 0) is 26.3 Å². The summed E-state index contributed by atoms with van der Waals surface area (Å²) >= 11 is 0. The zero-order valence-corrected chi connectivity index (χ0v) is 23.7. The Kier molecular flexibility index (Phi) is 7.49. The maximum absolute atomic E-state index is 14.3. The fourth-order valence-electron chi connectivity index (χ4n) is 5.52. The number of amides is 1. The van der Waals surface area contributed by atoms with E-state index in [4.69, 9.17) is 5.26 Å². The van der Waals surface area contributed by atoms with E-state index >= 15 is 0 Å². The van der Waals surface area contributed by atoms with Crippen LogP contribution < -0.4 is 10.2 Å². The number of rotatable bonds is 8. The summed E-state index contributed by atoms with van der Waals surface area (Å²) in [6, 6.07) is 15.3. The summed E-state index contributed by atoms with van der Waals surface area (Å²) < 4.78 is 44.6. The zero-order valence-electron chi connectivity index (χ0n) is 23.7. The number of likely N-dealkylation sites (tertiary alicyclic amines) is 1. The first-order chi connectivity index (χ1) is 21.2. The zero-order chi connectivity index (χ0) is 31.0. The molecular weight excluding hydrogens is 571 g/mol. The summed E-state index contributed by atoms with van der Waals surface area (Å²) in [5, 5.41) is 29.9. The van der Waals surface area contributed by atoms with Crippen molar-refractivity contribution in [3.8, 4) is 34.7 Å². The minimum absolute atomic E-state index is 0.00722. The van der Waals surface area contributed by atoms with Gasteiger partial charge in [-0.3, -0.25) is 14.6 Å². The molecule has 0 radical (unpaired) electrons. The van der Waals surface area contributed by atoms with Gasteiger partial charge in [0.25, 0.3) is 5.91 Å². The van der Waals surface area contributed by atoms with Crippen LogP contribution in [0.3, 0.4) is 0 Å². The van der Waals surface area contributed by atoms with Gasteiger partial charge < -0.3 is 9.88 Å². The van der Waals surface area contributed by atoms with E-state index in [1.54, 1.807) is 54.3 Å². The molecule has 0 aliphatic carbocycles. The number of carbonyl (C=O) groups is 1. The summed E-state index contributed by atoms with van der Waals surface area (Å²) in [7, 11) is 1.78. The number of aryl methyl sites for hydroxylation is 1. The Morgan fingerprint density at radius 1 is 1.05 bits per heavy atom. The summed E-state index contributed by atoms with van der Waals surface area (Å²) in [6.07, 6.45) is -1.93. The van der Waals surface area contributed by atoms with Crippen molar-refractivity contribution in [1.29, 1.82) is 10.5 Å². The van der Waals surface area contributed by atoms with E-state index in [1.807, 2.05) is 4.90 Å². The first kappa shape index (κ1) is 28.8. The molecule has 1 N–H and O–H groups in total. The Morgan fingerprint density at radius 2 is 1.86 bits per heavy atom. The lowest BCUT2D eigenvalue weighted by Crippen LogP contribution is -2.36. The Balaban J connectivity index is 1.46. The highest BCUT2D eigenvalue weighted by atomic mass is 19.4. The van der Waals surface area contributed by atoms with Crippen LogP contribution in [0.4, 0.5) is 24.8 Å². The Hall–Kier alpha value is -5.27. The second-order valence-electron chi connectivity index (χ2n) is 10.8. The quantitative estimate of drug-likeness (QED) is 0.277. The van der Waals surface area contributed by atoms with Gasteiger partial charge in [-0.1, -0.05) is 0 Å². The molecule has 4 heterocycles. The molecule has 2 aromatic heterocycles. The van der Waals surface area contributed by atoms with Gasteiger partial charge in [-0.25, -0.2) is 4.98 Å². The Labute approximate surface area is 251 Å². The Bertz CT molecular complexity index is 1850. The molecule has 222 valence electrons. The fraction of sp³-hybridized carbons (Fsp3) is 0.290. The van der Waals surface area contributed by atoms with Crippen molar-refractivity contribution in [2.45, 2.75) is 32.1 Å². The molecule has 10 nitrogen and oxygen atoms in total. The number of anilines is 2. The monoisotopic (exact) mass is 597 g/mol. The normalized spacial score (nSPS) is 14.6. The van der Waals surface area contributed by atoms with Crippen molar-refractivity contribution in [2.24, 2.45) is 7.05 Å². The molecule has 2 aliphatic rings. The number of nitriles is 2. The largest absolute Gasteiger partial charge is 0.416 e. The first-order valence-corrected chi connectivity index (χ1v) is 14.0. The number of benzene rings is 2. The maximum Gasteiger partial charge on any atom is 0.416 e. The van der Waals surface area contributed by atoms with E-state index in [0.717, 1.165) is 25.6 Å². The molecule has 4 aromatic rings. The summed E-state index contributed by atoms with van der Waals surface area (Å²) in [5.41, 5.74) is 1.68. The molecule has 13 heteroatoms. The molecule has 0 spiro atoms. The highest BCUT2D eigenvalue weighted by Crippen LogP contribution is 2.41. The predicted octanol–water partition coefficient (Wildman–Crippen LogP) is 5.13. The minimum atomic E-state index is -4.65. The van der Waals surface area contributed by atoms with Gasteiger partial charge in [-0.05, 0) is 84.2 Å². The van der Waals surface area contributed by atoms with Crippen LogP contribution in [0.5, 0.6) is 0 Å². The lowest BCUT2D eigenvalue weighted by Gasteiger charge is -2.31. The first-order valence-electron chi connectivity index (χ1n) is 14.0. The van der Waals surface area contributed by atoms with Crippen molar-refractivity contribution >= 4 is 17.5 Å². The molecule has 1 saturated heterocycles. The second-order valence-corrected chi connectivity index (χ2v) is 10.8. The van der Waals surface area contributed by atoms with Gasteiger partial charge in [0.2, 0.25) is 0 Å². The van der Waals surface area contributed by atoms with Gasteiger partial charge >= 0.3 is 6.18 Å². The van der Waals surface area contributed by atoms with Crippen molar-refractivity contribution in [1.82, 2.24) is 24.6 Å². The van der Waals surface area contributed by atoms with E-state index in [-0.39, 0.29) is 36.5 Å². The molecule has 44 heavy (non-hydrogen) atoms. The third-order valence-electron chi connectivity index (χ3n) is 7.81. The molecule has 2 aromatic carbocycles. The van der Waals surface area contributed by atoms with Crippen LogP contribution in [-0.4, -0.2) is 50.2 Å². The van der Waals surface area contributed by atoms with Crippen molar-refractivity contribution in [2.75, 3.05) is 29.9 Å². The Morgan fingerprint density at radius 3 is 2.52 bits per heavy atom. The standard InChI is InChI=1S/C31H26F3N9O/c1-41-18-38-40-29(41)22-5-4-19(15-36)10-23(22)21-13-27(37-7-2-6-35)39-28(14-21)43-17-25-24(30(43)44)11-20(16-42-8-3-9-42)12-26(25)31(32,33)34/h4-5,10-14,18H,2-3,7-9,16-17H2,1H3,(H,37,39).